The molecule has 0 amide bonds. The number of unbranched alkanes of at least 4 members (excludes halogenated alkanes) is 1. The van der Waals surface area contributed by atoms with Gasteiger partial charge in [0.25, 0.3) is 0 Å². The van der Waals surface area contributed by atoms with Gasteiger partial charge in [0.1, 0.15) is 0 Å². The number of aliphatic carboxylic acids is 1. The number of carboxylic acids is 1. The SMILES string of the molecule is Cc1ccc(-c2ccccc2CN2CCP(=O)(O)C(CCCCN)(C(=O)O)C2)cc1. The van der Waals surface area contributed by atoms with E-state index in [1.807, 2.05) is 30.0 Å². The van der Waals surface area contributed by atoms with E-state index in [9.17, 15) is 19.4 Å². The van der Waals surface area contributed by atoms with Crippen LogP contribution in [0.15, 0.2) is 48.5 Å². The zero-order valence-corrected chi connectivity index (χ0v) is 18.4. The van der Waals surface area contributed by atoms with Crippen LogP contribution in [0.3, 0.4) is 0 Å². The number of nitrogens with zero attached hydrogens (tertiary/aromatic N) is 1. The van der Waals surface area contributed by atoms with E-state index < -0.39 is 18.5 Å². The number of hydrogen-bond donors (Lipinski definition) is 3. The van der Waals surface area contributed by atoms with Gasteiger partial charge >= 0.3 is 5.97 Å². The predicted octanol–water partition coefficient (Wildman–Crippen LogP) is 3.70. The second-order valence-corrected chi connectivity index (χ2v) is 10.9. The molecule has 2 unspecified atom stereocenters. The largest absolute Gasteiger partial charge is 0.480 e. The quantitative estimate of drug-likeness (QED) is 0.436. The molecule has 0 aromatic heterocycles. The summed E-state index contributed by atoms with van der Waals surface area (Å²) in [6.07, 6.45) is 1.34. The number of nitrogens with two attached hydrogens (primary N) is 1. The molecule has 162 valence electrons. The van der Waals surface area contributed by atoms with E-state index >= 15 is 0 Å². The summed E-state index contributed by atoms with van der Waals surface area (Å²) in [5.41, 5.74) is 10.0. The first kappa shape index (κ1) is 22.7. The molecule has 0 radical (unpaired) electrons. The lowest BCUT2D eigenvalue weighted by molar-refractivity contribution is -0.141. The lowest BCUT2D eigenvalue weighted by Gasteiger charge is -2.43. The van der Waals surface area contributed by atoms with Gasteiger partial charge in [0.05, 0.1) is 0 Å². The molecule has 3 rings (SSSR count). The van der Waals surface area contributed by atoms with Crippen LogP contribution < -0.4 is 5.73 Å². The molecule has 1 aliphatic heterocycles. The van der Waals surface area contributed by atoms with Crippen molar-refractivity contribution in [2.24, 2.45) is 5.73 Å². The second kappa shape index (κ2) is 9.44. The monoisotopic (exact) mass is 430 g/mol. The molecule has 0 spiro atoms. The molecule has 0 aliphatic carbocycles. The maximum atomic E-state index is 13.0. The summed E-state index contributed by atoms with van der Waals surface area (Å²) < 4.78 is 13.0. The summed E-state index contributed by atoms with van der Waals surface area (Å²) >= 11 is 0. The van der Waals surface area contributed by atoms with Gasteiger partial charge in [-0.05, 0) is 43.0 Å². The summed E-state index contributed by atoms with van der Waals surface area (Å²) in [4.78, 5) is 24.8. The predicted molar refractivity (Wildman–Crippen MR) is 120 cm³/mol. The Morgan fingerprint density at radius 2 is 1.87 bits per heavy atom. The maximum Gasteiger partial charge on any atom is 0.320 e. The lowest BCUT2D eigenvalue weighted by atomic mass is 9.96. The van der Waals surface area contributed by atoms with Crippen molar-refractivity contribution >= 4 is 13.3 Å². The number of benzene rings is 2. The number of carboxylic acid groups (broad SMARTS) is 1. The van der Waals surface area contributed by atoms with Crippen molar-refractivity contribution < 1.29 is 19.4 Å². The van der Waals surface area contributed by atoms with Crippen molar-refractivity contribution in [3.63, 3.8) is 0 Å². The topological polar surface area (TPSA) is 104 Å². The van der Waals surface area contributed by atoms with Crippen LogP contribution >= 0.6 is 7.37 Å². The third-order valence-corrected chi connectivity index (χ3v) is 8.79. The van der Waals surface area contributed by atoms with Gasteiger partial charge in [0.2, 0.25) is 7.37 Å². The molecule has 7 heteroatoms. The van der Waals surface area contributed by atoms with Gasteiger partial charge in [-0.1, -0.05) is 60.5 Å². The molecule has 1 saturated heterocycles. The fraction of sp³-hybridized carbons (Fsp3) is 0.435. The molecule has 1 aliphatic rings. The van der Waals surface area contributed by atoms with Crippen molar-refractivity contribution in [2.75, 3.05) is 25.8 Å². The van der Waals surface area contributed by atoms with Crippen LogP contribution in [0, 0.1) is 6.92 Å². The Morgan fingerprint density at radius 1 is 1.17 bits per heavy atom. The summed E-state index contributed by atoms with van der Waals surface area (Å²) in [7, 11) is -3.82. The summed E-state index contributed by atoms with van der Waals surface area (Å²) in [5, 5.41) is 8.35. The minimum atomic E-state index is -3.82. The van der Waals surface area contributed by atoms with Crippen LogP contribution in [0.1, 0.15) is 30.4 Å². The highest BCUT2D eigenvalue weighted by Gasteiger charge is 2.56. The summed E-state index contributed by atoms with van der Waals surface area (Å²) in [5.74, 6) is -1.18. The Morgan fingerprint density at radius 3 is 2.53 bits per heavy atom. The highest BCUT2D eigenvalue weighted by Crippen LogP contribution is 2.59. The fourth-order valence-corrected chi connectivity index (χ4v) is 6.45. The van der Waals surface area contributed by atoms with Crippen LogP contribution in [-0.4, -0.2) is 51.8 Å². The Balaban J connectivity index is 1.87. The van der Waals surface area contributed by atoms with E-state index in [0.29, 0.717) is 32.5 Å². The van der Waals surface area contributed by atoms with E-state index in [2.05, 4.69) is 30.3 Å². The Labute approximate surface area is 178 Å². The van der Waals surface area contributed by atoms with Gasteiger partial charge in [-0.25, -0.2) is 0 Å². The van der Waals surface area contributed by atoms with Crippen molar-refractivity contribution in [3.05, 3.63) is 59.7 Å². The first-order valence-electron chi connectivity index (χ1n) is 10.4. The number of rotatable bonds is 8. The molecule has 30 heavy (non-hydrogen) atoms. The first-order valence-corrected chi connectivity index (χ1v) is 12.3. The normalized spacial score (nSPS) is 24.6. The first-order chi connectivity index (χ1) is 14.3. The van der Waals surface area contributed by atoms with Crippen molar-refractivity contribution in [3.8, 4) is 11.1 Å². The molecule has 6 nitrogen and oxygen atoms in total. The van der Waals surface area contributed by atoms with Gasteiger partial charge in [0, 0.05) is 25.8 Å². The molecule has 4 N–H and O–H groups in total. The zero-order valence-electron chi connectivity index (χ0n) is 17.5. The van der Waals surface area contributed by atoms with Crippen LogP contribution in [0.4, 0.5) is 0 Å². The van der Waals surface area contributed by atoms with Crippen LogP contribution in [0.5, 0.6) is 0 Å². The minimum Gasteiger partial charge on any atom is -0.480 e. The second-order valence-electron chi connectivity index (χ2n) is 8.24. The Bertz CT molecular complexity index is 931. The van der Waals surface area contributed by atoms with E-state index in [1.165, 1.54) is 5.56 Å². The average Bonchev–Trinajstić information content (AvgIpc) is 2.71. The maximum absolute atomic E-state index is 13.0. The standard InChI is InChI=1S/C23H31N2O4P/c1-18-8-10-19(11-9-18)21-7-3-2-6-20(21)16-25-14-15-30(28,29)23(17-25,22(26)27)12-4-5-13-24/h2-3,6-11H,4-5,12-17,24H2,1H3,(H,26,27)(H,28,29). The van der Waals surface area contributed by atoms with E-state index in [-0.39, 0.29) is 19.1 Å². The number of hydrogen-bond acceptors (Lipinski definition) is 4. The third kappa shape index (κ3) is 4.68. The number of aryl methyl sites for hydroxylation is 1. The average molecular weight is 430 g/mol. The van der Waals surface area contributed by atoms with Crippen molar-refractivity contribution in [2.45, 2.75) is 37.9 Å². The highest BCUT2D eigenvalue weighted by atomic mass is 31.2. The molecular formula is C23H31N2O4P. The Hall–Kier alpha value is -1.98. The van der Waals surface area contributed by atoms with E-state index in [1.54, 1.807) is 0 Å². The molecule has 0 bridgehead atoms. The van der Waals surface area contributed by atoms with E-state index in [4.69, 9.17) is 5.73 Å². The highest BCUT2D eigenvalue weighted by molar-refractivity contribution is 7.61. The minimum absolute atomic E-state index is 0.00533. The molecule has 1 fully saturated rings. The van der Waals surface area contributed by atoms with Gasteiger partial charge in [0.15, 0.2) is 5.16 Å². The van der Waals surface area contributed by atoms with E-state index in [0.717, 1.165) is 16.7 Å². The smallest absolute Gasteiger partial charge is 0.320 e. The van der Waals surface area contributed by atoms with Gasteiger partial charge < -0.3 is 15.7 Å². The van der Waals surface area contributed by atoms with Gasteiger partial charge in [-0.15, -0.1) is 0 Å². The van der Waals surface area contributed by atoms with Gasteiger partial charge in [-0.2, -0.15) is 0 Å². The molecule has 2 aromatic rings. The van der Waals surface area contributed by atoms with Crippen LogP contribution in [0.25, 0.3) is 11.1 Å². The Kier molecular flexibility index (Phi) is 7.14. The summed E-state index contributed by atoms with van der Waals surface area (Å²) in [6, 6.07) is 16.4. The molecular weight excluding hydrogens is 399 g/mol. The van der Waals surface area contributed by atoms with Gasteiger partial charge in [-0.3, -0.25) is 14.3 Å². The fourth-order valence-electron chi connectivity index (χ4n) is 4.24. The molecule has 2 aromatic carbocycles. The molecule has 0 saturated carbocycles. The number of carbonyl (C=O) groups is 1. The lowest BCUT2D eigenvalue weighted by Crippen LogP contribution is -2.53. The van der Waals surface area contributed by atoms with Crippen LogP contribution in [-0.2, 0) is 15.9 Å². The third-order valence-electron chi connectivity index (χ3n) is 6.09. The summed E-state index contributed by atoms with van der Waals surface area (Å²) in [6.45, 7) is 3.51. The zero-order chi connectivity index (χ0) is 21.8. The van der Waals surface area contributed by atoms with Crippen LogP contribution in [0.2, 0.25) is 0 Å². The molecule has 1 heterocycles. The molecule has 2 atom stereocenters. The van der Waals surface area contributed by atoms with Crippen molar-refractivity contribution in [1.82, 2.24) is 4.90 Å². The van der Waals surface area contributed by atoms with Crippen molar-refractivity contribution in [1.29, 1.82) is 0 Å².